The number of allylic oxidation sites excluding steroid dienone is 1. The highest BCUT2D eigenvalue weighted by molar-refractivity contribution is 5.69. The highest BCUT2D eigenvalue weighted by atomic mass is 15.1. The summed E-state index contributed by atoms with van der Waals surface area (Å²) in [6, 6.07) is 18.8. The molecule has 0 aliphatic rings. The van der Waals surface area contributed by atoms with Crippen LogP contribution in [0.5, 0.6) is 0 Å². The van der Waals surface area contributed by atoms with E-state index in [9.17, 15) is 0 Å². The molecule has 2 rings (SSSR count). The van der Waals surface area contributed by atoms with Gasteiger partial charge in [0.15, 0.2) is 0 Å². The van der Waals surface area contributed by atoms with E-state index in [0.717, 1.165) is 11.4 Å². The Morgan fingerprint density at radius 2 is 1.67 bits per heavy atom. The summed E-state index contributed by atoms with van der Waals surface area (Å²) in [5.41, 5.74) is 4.43. The maximum Gasteiger partial charge on any atom is 0.0414 e. The van der Waals surface area contributed by atoms with Crippen LogP contribution in [0.4, 0.5) is 5.69 Å². The first-order valence-corrected chi connectivity index (χ1v) is 5.93. The molecule has 0 heterocycles. The molecule has 2 aromatic rings. The highest BCUT2D eigenvalue weighted by Crippen LogP contribution is 2.25. The second-order valence-electron chi connectivity index (χ2n) is 4.17. The molecular weight excluding hydrogens is 218 g/mol. The van der Waals surface area contributed by atoms with Crippen molar-refractivity contribution in [3.8, 4) is 11.1 Å². The minimum absolute atomic E-state index is 0.889. The van der Waals surface area contributed by atoms with Crippen molar-refractivity contribution >= 4 is 5.69 Å². The third kappa shape index (κ3) is 2.51. The molecule has 0 spiro atoms. The lowest BCUT2D eigenvalue weighted by Crippen LogP contribution is -2.13. The molecule has 0 fully saturated rings. The predicted octanol–water partition coefficient (Wildman–Crippen LogP) is 4.49. The fraction of sp³-hybridized carbons (Fsp3) is 0.0588. The number of hydrogen-bond acceptors (Lipinski definition) is 1. The van der Waals surface area contributed by atoms with Gasteiger partial charge >= 0.3 is 0 Å². The van der Waals surface area contributed by atoms with E-state index in [1.54, 1.807) is 6.08 Å². The molecular formula is C17H17N. The molecule has 0 aliphatic heterocycles. The number of likely N-dealkylation sites (N-methyl/N-ethyl adjacent to an activating group) is 1. The van der Waals surface area contributed by atoms with Gasteiger partial charge in [-0.15, -0.1) is 0 Å². The minimum atomic E-state index is 0.889. The lowest BCUT2D eigenvalue weighted by Gasteiger charge is -2.20. The number of benzene rings is 2. The molecule has 0 N–H and O–H groups in total. The number of anilines is 1. The van der Waals surface area contributed by atoms with Crippen molar-refractivity contribution in [1.29, 1.82) is 0 Å². The molecule has 0 saturated carbocycles. The van der Waals surface area contributed by atoms with Gasteiger partial charge in [0.2, 0.25) is 0 Å². The van der Waals surface area contributed by atoms with Crippen molar-refractivity contribution in [1.82, 2.24) is 0 Å². The molecule has 0 bridgehead atoms. The van der Waals surface area contributed by atoms with Crippen molar-refractivity contribution in [3.05, 3.63) is 79.5 Å². The summed E-state index contributed by atoms with van der Waals surface area (Å²) >= 11 is 0. The van der Waals surface area contributed by atoms with E-state index >= 15 is 0 Å². The van der Waals surface area contributed by atoms with E-state index in [2.05, 4.69) is 49.6 Å². The Hall–Kier alpha value is -2.28. The van der Waals surface area contributed by atoms with Crippen LogP contribution < -0.4 is 4.90 Å². The fourth-order valence-corrected chi connectivity index (χ4v) is 1.83. The summed E-state index contributed by atoms with van der Waals surface area (Å²) in [5, 5.41) is 0. The van der Waals surface area contributed by atoms with Crippen molar-refractivity contribution in [3.63, 3.8) is 0 Å². The summed E-state index contributed by atoms with van der Waals surface area (Å²) in [6.45, 7) is 7.71. The normalized spacial score (nSPS) is 9.83. The Morgan fingerprint density at radius 1 is 1.00 bits per heavy atom. The standard InChI is InChI=1S/C17H17N/c1-4-14(2)18(3)17-12-8-11-16(13-17)15-9-6-5-7-10-15/h4-13H,1-2H2,3H3. The van der Waals surface area contributed by atoms with Crippen LogP contribution in [-0.2, 0) is 0 Å². The number of nitrogens with zero attached hydrogens (tertiary/aromatic N) is 1. The van der Waals surface area contributed by atoms with Crippen LogP contribution in [-0.4, -0.2) is 7.05 Å². The Labute approximate surface area is 109 Å². The van der Waals surface area contributed by atoms with Crippen molar-refractivity contribution in [2.45, 2.75) is 0 Å². The Balaban J connectivity index is 2.37. The first-order valence-electron chi connectivity index (χ1n) is 5.93. The molecule has 0 radical (unpaired) electrons. The van der Waals surface area contributed by atoms with Crippen LogP contribution >= 0.6 is 0 Å². The maximum absolute atomic E-state index is 3.96. The Morgan fingerprint density at radius 3 is 2.33 bits per heavy atom. The van der Waals surface area contributed by atoms with Crippen LogP contribution in [0.1, 0.15) is 0 Å². The zero-order chi connectivity index (χ0) is 13.0. The molecule has 1 nitrogen and oxygen atoms in total. The smallest absolute Gasteiger partial charge is 0.0414 e. The van der Waals surface area contributed by atoms with Crippen molar-refractivity contribution < 1.29 is 0 Å². The van der Waals surface area contributed by atoms with Gasteiger partial charge in [-0.05, 0) is 29.3 Å². The van der Waals surface area contributed by atoms with E-state index in [-0.39, 0.29) is 0 Å². The summed E-state index contributed by atoms with van der Waals surface area (Å²) < 4.78 is 0. The Kier molecular flexibility index (Phi) is 3.63. The van der Waals surface area contributed by atoms with Gasteiger partial charge in [-0.1, -0.05) is 55.6 Å². The first kappa shape index (κ1) is 12.2. The molecule has 1 heteroatoms. The van der Waals surface area contributed by atoms with Crippen LogP contribution in [0.15, 0.2) is 79.5 Å². The monoisotopic (exact) mass is 235 g/mol. The van der Waals surface area contributed by atoms with Gasteiger partial charge in [-0.3, -0.25) is 0 Å². The van der Waals surface area contributed by atoms with Gasteiger partial charge in [-0.2, -0.15) is 0 Å². The van der Waals surface area contributed by atoms with Gasteiger partial charge < -0.3 is 4.90 Å². The van der Waals surface area contributed by atoms with Crippen LogP contribution in [0, 0.1) is 0 Å². The average Bonchev–Trinajstić information content (AvgIpc) is 2.46. The molecule has 0 aliphatic carbocycles. The van der Waals surface area contributed by atoms with Gasteiger partial charge in [0.05, 0.1) is 0 Å². The average molecular weight is 235 g/mol. The minimum Gasteiger partial charge on any atom is -0.345 e. The van der Waals surface area contributed by atoms with Crippen LogP contribution in [0.3, 0.4) is 0 Å². The number of hydrogen-bond donors (Lipinski definition) is 0. The summed E-state index contributed by atoms with van der Waals surface area (Å²) in [5.74, 6) is 0. The Bertz CT molecular complexity index is 555. The lowest BCUT2D eigenvalue weighted by atomic mass is 10.0. The molecule has 0 amide bonds. The summed E-state index contributed by atoms with van der Waals surface area (Å²) in [7, 11) is 1.99. The first-order chi connectivity index (χ1) is 8.72. The lowest BCUT2D eigenvalue weighted by molar-refractivity contribution is 1.15. The summed E-state index contributed by atoms with van der Waals surface area (Å²) in [4.78, 5) is 2.03. The van der Waals surface area contributed by atoms with Gasteiger partial charge in [-0.25, -0.2) is 0 Å². The molecule has 0 atom stereocenters. The fourth-order valence-electron chi connectivity index (χ4n) is 1.83. The van der Waals surface area contributed by atoms with E-state index in [0.29, 0.717) is 0 Å². The predicted molar refractivity (Wildman–Crippen MR) is 79.6 cm³/mol. The largest absolute Gasteiger partial charge is 0.345 e. The SMILES string of the molecule is C=CC(=C)N(C)c1cccc(-c2ccccc2)c1. The molecule has 18 heavy (non-hydrogen) atoms. The topological polar surface area (TPSA) is 3.24 Å². The van der Waals surface area contributed by atoms with E-state index in [4.69, 9.17) is 0 Å². The van der Waals surface area contributed by atoms with Gasteiger partial charge in [0, 0.05) is 18.4 Å². The molecule has 0 saturated heterocycles. The van der Waals surface area contributed by atoms with Crippen molar-refractivity contribution in [2.24, 2.45) is 0 Å². The summed E-state index contributed by atoms with van der Waals surface area (Å²) in [6.07, 6.45) is 1.76. The molecule has 2 aromatic carbocycles. The van der Waals surface area contributed by atoms with E-state index in [1.807, 2.05) is 30.1 Å². The van der Waals surface area contributed by atoms with Crippen LogP contribution in [0.2, 0.25) is 0 Å². The molecule has 0 unspecified atom stereocenters. The number of rotatable bonds is 4. The van der Waals surface area contributed by atoms with Gasteiger partial charge in [0.1, 0.15) is 0 Å². The highest BCUT2D eigenvalue weighted by Gasteiger charge is 2.04. The third-order valence-corrected chi connectivity index (χ3v) is 3.01. The third-order valence-electron chi connectivity index (χ3n) is 3.01. The van der Waals surface area contributed by atoms with E-state index < -0.39 is 0 Å². The quantitative estimate of drug-likeness (QED) is 0.706. The van der Waals surface area contributed by atoms with Crippen LogP contribution in [0.25, 0.3) is 11.1 Å². The second-order valence-corrected chi connectivity index (χ2v) is 4.17. The van der Waals surface area contributed by atoms with Crippen molar-refractivity contribution in [2.75, 3.05) is 11.9 Å². The van der Waals surface area contributed by atoms with E-state index in [1.165, 1.54) is 11.1 Å². The molecule has 90 valence electrons. The maximum atomic E-state index is 3.96. The zero-order valence-corrected chi connectivity index (χ0v) is 10.6. The molecule has 0 aromatic heterocycles. The second kappa shape index (κ2) is 5.37. The van der Waals surface area contributed by atoms with Gasteiger partial charge in [0.25, 0.3) is 0 Å². The zero-order valence-electron chi connectivity index (χ0n) is 10.6.